The Morgan fingerprint density at radius 2 is 1.59 bits per heavy atom. The number of Topliss-reactive ketones (excluding diaryl/α,β-unsaturated/α-hetero) is 1. The molecule has 1 N–H and O–H groups in total. The van der Waals surface area contributed by atoms with Crippen LogP contribution in [-0.2, 0) is 11.0 Å². The minimum Gasteiger partial charge on any atom is -0.481 e. The highest BCUT2D eigenvalue weighted by molar-refractivity contribution is 6.39. The van der Waals surface area contributed by atoms with Crippen molar-refractivity contribution in [3.63, 3.8) is 0 Å². The third-order valence-corrected chi connectivity index (χ3v) is 8.22. The van der Waals surface area contributed by atoms with Gasteiger partial charge < -0.3 is 10.0 Å². The molecule has 0 unspecified atom stereocenters. The van der Waals surface area contributed by atoms with Crippen LogP contribution in [0.5, 0.6) is 0 Å². The molecule has 0 radical (unpaired) electrons. The molecular formula is C26H29Cl2F3N4O4. The molecule has 0 aliphatic heterocycles. The highest BCUT2D eigenvalue weighted by Crippen LogP contribution is 2.39. The van der Waals surface area contributed by atoms with Crippen molar-refractivity contribution in [3.8, 4) is 0 Å². The fraction of sp³-hybridized carbons (Fsp3) is 0.577. The molecule has 13 heteroatoms. The standard InChI is InChI=1S/C26H29Cl2F3N4O4/c27-19-11-32-12-20(28)22(19)21(36)14-34(13-15-4-2-1-3-5-15)24(37)18-10-33-35(23(18)26(29,30)31)17-8-6-16(7-9-17)25(38)39/h10-12,15-17H,1-9,13-14H2,(H,38,39). The molecule has 2 saturated carbocycles. The van der Waals surface area contributed by atoms with Crippen molar-refractivity contribution in [3.05, 3.63) is 45.5 Å². The molecule has 212 valence electrons. The van der Waals surface area contributed by atoms with Gasteiger partial charge in [0.05, 0.1) is 45.9 Å². The number of ketones is 1. The van der Waals surface area contributed by atoms with Crippen LogP contribution in [0.15, 0.2) is 18.6 Å². The van der Waals surface area contributed by atoms with Gasteiger partial charge in [-0.3, -0.25) is 24.0 Å². The van der Waals surface area contributed by atoms with Gasteiger partial charge in [-0.05, 0) is 44.4 Å². The van der Waals surface area contributed by atoms with E-state index < -0.39 is 53.6 Å². The van der Waals surface area contributed by atoms with Crippen LogP contribution < -0.4 is 0 Å². The molecule has 39 heavy (non-hydrogen) atoms. The van der Waals surface area contributed by atoms with E-state index in [1.54, 1.807) is 0 Å². The maximum absolute atomic E-state index is 14.4. The number of nitrogens with zero attached hydrogens (tertiary/aromatic N) is 4. The number of carboxylic acids is 1. The van der Waals surface area contributed by atoms with Crippen LogP contribution in [0.25, 0.3) is 0 Å². The van der Waals surface area contributed by atoms with Gasteiger partial charge >= 0.3 is 12.1 Å². The molecule has 2 aromatic rings. The van der Waals surface area contributed by atoms with Gasteiger partial charge in [-0.25, -0.2) is 0 Å². The predicted octanol–water partition coefficient (Wildman–Crippen LogP) is 6.33. The molecule has 2 heterocycles. The Labute approximate surface area is 233 Å². The maximum atomic E-state index is 14.4. The van der Waals surface area contributed by atoms with Crippen molar-refractivity contribution in [1.82, 2.24) is 19.7 Å². The average Bonchev–Trinajstić information content (AvgIpc) is 3.34. The van der Waals surface area contributed by atoms with Crippen molar-refractivity contribution in [2.24, 2.45) is 11.8 Å². The number of aliphatic carboxylic acids is 1. The lowest BCUT2D eigenvalue weighted by molar-refractivity contribution is -0.147. The number of carboxylic acid groups (broad SMARTS) is 1. The van der Waals surface area contributed by atoms with E-state index in [-0.39, 0.29) is 53.8 Å². The second-order valence-electron chi connectivity index (χ2n) is 10.3. The summed E-state index contributed by atoms with van der Waals surface area (Å²) in [6.45, 7) is -0.401. The van der Waals surface area contributed by atoms with E-state index in [4.69, 9.17) is 23.2 Å². The van der Waals surface area contributed by atoms with Gasteiger partial charge in [0.2, 0.25) is 0 Å². The number of carbonyl (C=O) groups excluding carboxylic acids is 2. The molecule has 0 spiro atoms. The van der Waals surface area contributed by atoms with Crippen LogP contribution >= 0.6 is 23.2 Å². The zero-order valence-corrected chi connectivity index (χ0v) is 22.6. The highest BCUT2D eigenvalue weighted by atomic mass is 35.5. The largest absolute Gasteiger partial charge is 0.481 e. The first-order valence-corrected chi connectivity index (χ1v) is 13.7. The Balaban J connectivity index is 1.65. The SMILES string of the molecule is O=C(CN(CC1CCCCC1)C(=O)c1cnn(C2CCC(C(=O)O)CC2)c1C(F)(F)F)c1c(Cl)cncc1Cl. The summed E-state index contributed by atoms with van der Waals surface area (Å²) >= 11 is 12.3. The van der Waals surface area contributed by atoms with Gasteiger partial charge in [0, 0.05) is 18.9 Å². The summed E-state index contributed by atoms with van der Waals surface area (Å²) in [6, 6.07) is -0.693. The number of pyridine rings is 1. The first-order chi connectivity index (χ1) is 18.5. The maximum Gasteiger partial charge on any atom is 0.433 e. The summed E-state index contributed by atoms with van der Waals surface area (Å²) in [5.41, 5.74) is -1.87. The average molecular weight is 589 g/mol. The molecule has 0 saturated heterocycles. The Bertz CT molecular complexity index is 1200. The molecular weight excluding hydrogens is 560 g/mol. The Hall–Kier alpha value is -2.66. The molecule has 2 aliphatic carbocycles. The second-order valence-corrected chi connectivity index (χ2v) is 11.1. The third-order valence-electron chi connectivity index (χ3n) is 7.64. The molecule has 4 rings (SSSR count). The van der Waals surface area contributed by atoms with Crippen molar-refractivity contribution in [1.29, 1.82) is 0 Å². The topological polar surface area (TPSA) is 105 Å². The summed E-state index contributed by atoms with van der Waals surface area (Å²) in [4.78, 5) is 43.2. The highest BCUT2D eigenvalue weighted by Gasteiger charge is 2.43. The molecule has 2 aromatic heterocycles. The Morgan fingerprint density at radius 1 is 0.974 bits per heavy atom. The summed E-state index contributed by atoms with van der Waals surface area (Å²) in [5, 5.41) is 13.2. The number of hydrogen-bond donors (Lipinski definition) is 1. The Kier molecular flexibility index (Phi) is 9.21. The predicted molar refractivity (Wildman–Crippen MR) is 137 cm³/mol. The van der Waals surface area contributed by atoms with E-state index in [9.17, 15) is 32.7 Å². The van der Waals surface area contributed by atoms with E-state index in [2.05, 4.69) is 10.1 Å². The molecule has 0 atom stereocenters. The van der Waals surface area contributed by atoms with Crippen molar-refractivity contribution in [2.45, 2.75) is 70.0 Å². The number of carbonyl (C=O) groups is 3. The molecule has 0 aromatic carbocycles. The van der Waals surface area contributed by atoms with Crippen LogP contribution in [-0.4, -0.2) is 55.5 Å². The number of aromatic nitrogens is 3. The summed E-state index contributed by atoms with van der Waals surface area (Å²) in [6.07, 6.45) is 3.81. The molecule has 8 nitrogen and oxygen atoms in total. The summed E-state index contributed by atoms with van der Waals surface area (Å²) in [7, 11) is 0. The minimum atomic E-state index is -4.90. The zero-order chi connectivity index (χ0) is 28.3. The summed E-state index contributed by atoms with van der Waals surface area (Å²) < 4.78 is 44.0. The normalized spacial score (nSPS) is 20.5. The summed E-state index contributed by atoms with van der Waals surface area (Å²) in [5.74, 6) is -3.11. The van der Waals surface area contributed by atoms with Crippen LogP contribution in [0.4, 0.5) is 13.2 Å². The van der Waals surface area contributed by atoms with E-state index in [0.717, 1.165) is 47.9 Å². The van der Waals surface area contributed by atoms with Crippen LogP contribution in [0.2, 0.25) is 10.0 Å². The second kappa shape index (κ2) is 12.2. The smallest absolute Gasteiger partial charge is 0.433 e. The molecule has 2 aliphatic rings. The lowest BCUT2D eigenvalue weighted by Gasteiger charge is -2.30. The minimum absolute atomic E-state index is 0.0154. The van der Waals surface area contributed by atoms with E-state index >= 15 is 0 Å². The lowest BCUT2D eigenvalue weighted by Crippen LogP contribution is -2.40. The quantitative estimate of drug-likeness (QED) is 0.361. The molecule has 1 amide bonds. The van der Waals surface area contributed by atoms with E-state index in [1.807, 2.05) is 0 Å². The van der Waals surface area contributed by atoms with Crippen LogP contribution in [0, 0.1) is 11.8 Å². The van der Waals surface area contributed by atoms with Crippen molar-refractivity contribution >= 4 is 40.9 Å². The fourth-order valence-electron chi connectivity index (χ4n) is 5.65. The van der Waals surface area contributed by atoms with E-state index in [0.29, 0.717) is 0 Å². The van der Waals surface area contributed by atoms with Gasteiger partial charge in [0.25, 0.3) is 5.91 Å². The lowest BCUT2D eigenvalue weighted by atomic mass is 9.86. The molecule has 2 fully saturated rings. The number of halogens is 5. The van der Waals surface area contributed by atoms with Crippen LogP contribution in [0.1, 0.15) is 90.2 Å². The van der Waals surface area contributed by atoms with Crippen molar-refractivity contribution in [2.75, 3.05) is 13.1 Å². The monoisotopic (exact) mass is 588 g/mol. The zero-order valence-electron chi connectivity index (χ0n) is 21.1. The number of hydrogen-bond acceptors (Lipinski definition) is 5. The van der Waals surface area contributed by atoms with Gasteiger partial charge in [0.15, 0.2) is 11.5 Å². The van der Waals surface area contributed by atoms with E-state index in [1.165, 1.54) is 12.4 Å². The van der Waals surface area contributed by atoms with Gasteiger partial charge in [-0.2, -0.15) is 18.3 Å². The first kappa shape index (κ1) is 29.3. The van der Waals surface area contributed by atoms with Crippen LogP contribution in [0.3, 0.4) is 0 Å². The Morgan fingerprint density at radius 3 is 2.15 bits per heavy atom. The molecule has 0 bridgehead atoms. The first-order valence-electron chi connectivity index (χ1n) is 13.0. The van der Waals surface area contributed by atoms with Gasteiger partial charge in [-0.1, -0.05) is 42.5 Å². The van der Waals surface area contributed by atoms with Gasteiger partial charge in [0.1, 0.15) is 0 Å². The number of alkyl halides is 3. The third kappa shape index (κ3) is 6.74. The van der Waals surface area contributed by atoms with Crippen molar-refractivity contribution < 1.29 is 32.7 Å². The number of rotatable bonds is 8. The fourth-order valence-corrected chi connectivity index (χ4v) is 6.22. The number of amides is 1. The van der Waals surface area contributed by atoms with Gasteiger partial charge in [-0.15, -0.1) is 0 Å².